The highest BCUT2D eigenvalue weighted by Crippen LogP contribution is 2.70. The summed E-state index contributed by atoms with van der Waals surface area (Å²) in [5.74, 6) is -3.46. The Labute approximate surface area is 238 Å². The van der Waals surface area contributed by atoms with Crippen LogP contribution in [0.5, 0.6) is 5.75 Å². The van der Waals surface area contributed by atoms with Gasteiger partial charge in [-0.15, -0.1) is 12.4 Å². The van der Waals surface area contributed by atoms with Gasteiger partial charge in [0.05, 0.1) is 23.4 Å². The number of ether oxygens (including phenoxy) is 1. The minimum atomic E-state index is -2.70. The fourth-order valence-corrected chi connectivity index (χ4v) is 6.69. The van der Waals surface area contributed by atoms with Crippen LogP contribution in [0.1, 0.15) is 40.1 Å². The predicted molar refractivity (Wildman–Crippen MR) is 154 cm³/mol. The van der Waals surface area contributed by atoms with Crippen molar-refractivity contribution in [3.8, 4) is 5.75 Å². The third kappa shape index (κ3) is 4.65. The van der Waals surface area contributed by atoms with Crippen molar-refractivity contribution in [1.29, 1.82) is 0 Å². The Morgan fingerprint density at radius 1 is 0.825 bits per heavy atom. The first kappa shape index (κ1) is 27.1. The van der Waals surface area contributed by atoms with Gasteiger partial charge in [0.1, 0.15) is 18.5 Å². The molecule has 8 heteroatoms. The number of aliphatic hydroxyl groups excluding tert-OH is 1. The predicted octanol–water partition coefficient (Wildman–Crippen LogP) is 5.63. The number of fused-ring (bicyclic) bond motifs is 6. The number of nitrogens with zero attached hydrogens (tertiary/aromatic N) is 3. The number of aromatic nitrogens is 1. The monoisotopic (exact) mass is 563 g/mol. The number of halogens is 3. The molecule has 2 aliphatic carbocycles. The molecule has 1 N–H and O–H groups in total. The minimum absolute atomic E-state index is 0. The van der Waals surface area contributed by atoms with E-state index >= 15 is 0 Å². The number of pyridine rings is 1. The summed E-state index contributed by atoms with van der Waals surface area (Å²) < 4.78 is 35.9. The Hall–Kier alpha value is -3.10. The van der Waals surface area contributed by atoms with Gasteiger partial charge in [-0.3, -0.25) is 14.8 Å². The van der Waals surface area contributed by atoms with Gasteiger partial charge in [-0.1, -0.05) is 54.6 Å². The first-order chi connectivity index (χ1) is 19.0. The summed E-state index contributed by atoms with van der Waals surface area (Å²) in [5.41, 5.74) is 4.44. The molecule has 3 aliphatic rings. The molecule has 4 aromatic rings. The molecule has 1 saturated heterocycles. The van der Waals surface area contributed by atoms with Gasteiger partial charge in [-0.05, 0) is 46.5 Å². The molecule has 2 heterocycles. The molecule has 40 heavy (non-hydrogen) atoms. The van der Waals surface area contributed by atoms with Crippen molar-refractivity contribution in [2.24, 2.45) is 0 Å². The summed E-state index contributed by atoms with van der Waals surface area (Å²) in [7, 11) is 0. The smallest absolute Gasteiger partial charge is 0.263 e. The Bertz CT molecular complexity index is 1450. The summed E-state index contributed by atoms with van der Waals surface area (Å²) in [6.45, 7) is 3.89. The van der Waals surface area contributed by atoms with Crippen molar-refractivity contribution >= 4 is 23.3 Å². The van der Waals surface area contributed by atoms with Gasteiger partial charge in [-0.2, -0.15) is 0 Å². The number of hydrogen-bond acceptors (Lipinski definition) is 5. The second-order valence-electron chi connectivity index (χ2n) is 10.9. The highest BCUT2D eigenvalue weighted by atomic mass is 35.5. The maximum Gasteiger partial charge on any atom is 0.263 e. The lowest BCUT2D eigenvalue weighted by atomic mass is 9.90. The summed E-state index contributed by atoms with van der Waals surface area (Å²) in [5, 5.41) is 11.7. The van der Waals surface area contributed by atoms with Gasteiger partial charge in [-0.25, -0.2) is 8.78 Å². The van der Waals surface area contributed by atoms with E-state index in [1.165, 1.54) is 0 Å². The van der Waals surface area contributed by atoms with Crippen molar-refractivity contribution in [2.75, 3.05) is 39.3 Å². The van der Waals surface area contributed by atoms with E-state index in [4.69, 9.17) is 4.74 Å². The van der Waals surface area contributed by atoms with Gasteiger partial charge >= 0.3 is 0 Å². The summed E-state index contributed by atoms with van der Waals surface area (Å²) in [6.07, 6.45) is 1.13. The lowest BCUT2D eigenvalue weighted by Crippen LogP contribution is -2.50. The summed E-state index contributed by atoms with van der Waals surface area (Å²) in [6, 6.07) is 25.1. The largest absolute Gasteiger partial charge is 0.490 e. The molecule has 208 valence electrons. The van der Waals surface area contributed by atoms with E-state index in [1.54, 1.807) is 6.20 Å². The molecule has 4 atom stereocenters. The van der Waals surface area contributed by atoms with Crippen LogP contribution in [-0.4, -0.2) is 71.2 Å². The highest BCUT2D eigenvalue weighted by molar-refractivity contribution is 5.85. The van der Waals surface area contributed by atoms with Crippen LogP contribution < -0.4 is 4.74 Å². The SMILES string of the molecule is Cl.O[C@H](COc1cccc2ncccc12)CN1CCN(C2c3ccccc3[C@@H]3[C@H](c4ccccc42)C3(F)F)CC1. The molecule has 3 aromatic carbocycles. The third-order valence-electron chi connectivity index (χ3n) is 8.58. The Morgan fingerprint density at radius 2 is 1.45 bits per heavy atom. The number of benzene rings is 3. The van der Waals surface area contributed by atoms with E-state index in [1.807, 2.05) is 78.9 Å². The van der Waals surface area contributed by atoms with Gasteiger partial charge in [0.25, 0.3) is 5.92 Å². The van der Waals surface area contributed by atoms with Crippen molar-refractivity contribution < 1.29 is 18.6 Å². The second-order valence-corrected chi connectivity index (χ2v) is 10.9. The van der Waals surface area contributed by atoms with Crippen LogP contribution in [-0.2, 0) is 0 Å². The summed E-state index contributed by atoms with van der Waals surface area (Å²) >= 11 is 0. The zero-order valence-electron chi connectivity index (χ0n) is 22.0. The topological polar surface area (TPSA) is 48.8 Å². The van der Waals surface area contributed by atoms with E-state index in [2.05, 4.69) is 14.8 Å². The molecule has 1 aliphatic heterocycles. The average molecular weight is 564 g/mol. The molecule has 5 nitrogen and oxygen atoms in total. The van der Waals surface area contributed by atoms with E-state index < -0.39 is 23.9 Å². The average Bonchev–Trinajstić information content (AvgIpc) is 3.58. The number of alkyl halides is 2. The molecule has 2 fully saturated rings. The van der Waals surface area contributed by atoms with E-state index in [0.29, 0.717) is 6.54 Å². The first-order valence-corrected chi connectivity index (χ1v) is 13.7. The Balaban J connectivity index is 0.00000289. The third-order valence-corrected chi connectivity index (χ3v) is 8.58. The molecule has 0 spiro atoms. The Morgan fingerprint density at radius 3 is 2.10 bits per heavy atom. The lowest BCUT2D eigenvalue weighted by Gasteiger charge is -2.41. The van der Waals surface area contributed by atoms with Gasteiger partial charge < -0.3 is 9.84 Å². The first-order valence-electron chi connectivity index (χ1n) is 13.7. The molecule has 0 bridgehead atoms. The molecule has 0 amide bonds. The maximum absolute atomic E-state index is 15.0. The van der Waals surface area contributed by atoms with Gasteiger partial charge in [0.2, 0.25) is 0 Å². The van der Waals surface area contributed by atoms with Gasteiger partial charge in [0.15, 0.2) is 0 Å². The molecular formula is C32H32ClF2N3O2. The zero-order valence-corrected chi connectivity index (χ0v) is 22.8. The van der Waals surface area contributed by atoms with E-state index in [9.17, 15) is 13.9 Å². The minimum Gasteiger partial charge on any atom is -0.490 e. The van der Waals surface area contributed by atoms with E-state index in [-0.39, 0.29) is 25.1 Å². The molecular weight excluding hydrogens is 532 g/mol. The molecule has 0 radical (unpaired) electrons. The van der Waals surface area contributed by atoms with Crippen LogP contribution >= 0.6 is 12.4 Å². The van der Waals surface area contributed by atoms with Crippen molar-refractivity contribution in [3.05, 3.63) is 107 Å². The molecule has 1 unspecified atom stereocenters. The molecule has 1 saturated carbocycles. The second kappa shape index (κ2) is 10.7. The van der Waals surface area contributed by atoms with E-state index in [0.717, 1.165) is 65.1 Å². The quantitative estimate of drug-likeness (QED) is 0.329. The molecule has 7 rings (SSSR count). The van der Waals surface area contributed by atoms with Crippen LogP contribution in [0, 0.1) is 0 Å². The fraction of sp³-hybridized carbons (Fsp3) is 0.344. The van der Waals surface area contributed by atoms with Crippen LogP contribution in [0.3, 0.4) is 0 Å². The van der Waals surface area contributed by atoms with Crippen LogP contribution in [0.2, 0.25) is 0 Å². The van der Waals surface area contributed by atoms with Crippen LogP contribution in [0.15, 0.2) is 85.1 Å². The number of β-amino-alcohol motifs (C(OH)–C–C–N with tert-alkyl or cyclic N) is 1. The normalized spacial score (nSPS) is 24.1. The Kier molecular flexibility index (Phi) is 7.25. The van der Waals surface area contributed by atoms with Gasteiger partial charge in [0, 0.05) is 44.3 Å². The number of aliphatic hydroxyl groups is 1. The van der Waals surface area contributed by atoms with Crippen molar-refractivity contribution in [2.45, 2.75) is 29.9 Å². The maximum atomic E-state index is 15.0. The number of rotatable bonds is 6. The van der Waals surface area contributed by atoms with Crippen LogP contribution in [0.4, 0.5) is 8.78 Å². The lowest BCUT2D eigenvalue weighted by molar-refractivity contribution is 0.0400. The van der Waals surface area contributed by atoms with Crippen LogP contribution in [0.25, 0.3) is 10.9 Å². The zero-order chi connectivity index (χ0) is 26.6. The number of hydrogen-bond donors (Lipinski definition) is 1. The van der Waals surface area contributed by atoms with Crippen molar-refractivity contribution in [3.63, 3.8) is 0 Å². The van der Waals surface area contributed by atoms with Crippen molar-refractivity contribution in [1.82, 2.24) is 14.8 Å². The fourth-order valence-electron chi connectivity index (χ4n) is 6.69. The number of piperazine rings is 1. The highest BCUT2D eigenvalue weighted by Gasteiger charge is 2.71. The summed E-state index contributed by atoms with van der Waals surface area (Å²) in [4.78, 5) is 9.04. The molecule has 1 aromatic heterocycles. The standard InChI is InChI=1S/C32H31F2N3O2.ClH/c33-32(34)29-22-7-1-3-9-24(22)31(25-10-4-2-8-23(25)30(29)32)37-17-15-36(16-18-37)19-21(38)20-39-28-13-5-12-27-26(28)11-6-14-35-27;/h1-14,21,29-31,38H,15-20H2;1H/t21-,29-,30+,31?;/m0./s1.